The van der Waals surface area contributed by atoms with Gasteiger partial charge in [-0.05, 0) is 30.5 Å². The molecule has 29 heavy (non-hydrogen) atoms. The van der Waals surface area contributed by atoms with Gasteiger partial charge in [-0.3, -0.25) is 14.4 Å². The first kappa shape index (κ1) is 22.6. The Hall–Kier alpha value is -2.69. The lowest BCUT2D eigenvalue weighted by atomic mass is 9.99. The normalized spacial score (nSPS) is 27.0. The lowest BCUT2D eigenvalue weighted by Crippen LogP contribution is -2.56. The number of nitrogens with two attached hydrogens (primary N) is 1. The van der Waals surface area contributed by atoms with Crippen molar-refractivity contribution in [3.05, 3.63) is 29.8 Å². The van der Waals surface area contributed by atoms with E-state index in [1.807, 2.05) is 0 Å². The van der Waals surface area contributed by atoms with Crippen molar-refractivity contribution in [2.45, 2.75) is 56.6 Å². The van der Waals surface area contributed by atoms with Crippen molar-refractivity contribution in [1.82, 2.24) is 10.6 Å². The smallest absolute Gasteiger partial charge is 0.252 e. The fraction of sp³-hybridized carbons (Fsp3) is 0.526. The summed E-state index contributed by atoms with van der Waals surface area (Å²) in [6.07, 6.45) is -4.18. The molecule has 10 nitrogen and oxygen atoms in total. The zero-order chi connectivity index (χ0) is 21.6. The molecule has 0 aromatic heterocycles. The zero-order valence-corrected chi connectivity index (χ0v) is 16.1. The Labute approximate surface area is 168 Å². The summed E-state index contributed by atoms with van der Waals surface area (Å²) in [6.45, 7) is 1.39. The predicted molar refractivity (Wildman–Crippen MR) is 102 cm³/mol. The number of fused-ring (bicyclic) bond motifs is 12. The average molecular weight is 409 g/mol. The van der Waals surface area contributed by atoms with Crippen molar-refractivity contribution >= 4 is 17.7 Å². The number of hydrogen-bond donors (Lipinski definition) is 6. The van der Waals surface area contributed by atoms with Gasteiger partial charge in [0.25, 0.3) is 5.91 Å². The summed E-state index contributed by atoms with van der Waals surface area (Å²) >= 11 is 0. The largest absolute Gasteiger partial charge is 0.491 e. The zero-order valence-electron chi connectivity index (χ0n) is 16.1. The quantitative estimate of drug-likeness (QED) is 0.332. The van der Waals surface area contributed by atoms with Gasteiger partial charge in [0.1, 0.15) is 24.5 Å². The first-order chi connectivity index (χ1) is 13.7. The van der Waals surface area contributed by atoms with Crippen LogP contribution in [0.4, 0.5) is 0 Å². The molecular formula is C19H27N3O7. The summed E-state index contributed by atoms with van der Waals surface area (Å²) in [5, 5.41) is 35.2. The molecule has 3 amide bonds. The van der Waals surface area contributed by atoms with Gasteiger partial charge in [-0.15, -0.1) is 0 Å². The van der Waals surface area contributed by atoms with Crippen LogP contribution in [0.25, 0.3) is 0 Å². The van der Waals surface area contributed by atoms with Crippen molar-refractivity contribution in [2.24, 2.45) is 5.73 Å². The monoisotopic (exact) mass is 409 g/mol. The molecule has 160 valence electrons. The van der Waals surface area contributed by atoms with Crippen LogP contribution < -0.4 is 21.1 Å². The summed E-state index contributed by atoms with van der Waals surface area (Å²) in [7, 11) is 0. The Kier molecular flexibility index (Phi) is 7.94. The number of nitrogens with one attached hydrogen (secondary N) is 2. The Bertz CT molecular complexity index is 725. The molecule has 1 aromatic rings. The summed E-state index contributed by atoms with van der Waals surface area (Å²) in [4.78, 5) is 36.3. The van der Waals surface area contributed by atoms with Crippen LogP contribution in [0.5, 0.6) is 5.75 Å². The molecule has 0 saturated heterocycles. The van der Waals surface area contributed by atoms with Crippen LogP contribution in [0.3, 0.4) is 0 Å². The Balaban J connectivity index is 2.34. The molecule has 3 rings (SSSR count). The highest BCUT2D eigenvalue weighted by Gasteiger charge is 2.32. The van der Waals surface area contributed by atoms with E-state index in [1.54, 1.807) is 31.2 Å². The van der Waals surface area contributed by atoms with E-state index in [0.717, 1.165) is 5.56 Å². The molecule has 2 aliphatic rings. The highest BCUT2D eigenvalue weighted by atomic mass is 16.5. The van der Waals surface area contributed by atoms with Gasteiger partial charge >= 0.3 is 0 Å². The number of hydrogen-bond acceptors (Lipinski definition) is 7. The Morgan fingerprint density at radius 1 is 1.21 bits per heavy atom. The van der Waals surface area contributed by atoms with Gasteiger partial charge in [0.15, 0.2) is 6.10 Å². The second-order valence-corrected chi connectivity index (χ2v) is 6.99. The number of aliphatic hydroxyl groups excluding tert-OH is 3. The second kappa shape index (κ2) is 10.2. The van der Waals surface area contributed by atoms with E-state index < -0.39 is 54.5 Å². The number of primary amides is 1. The van der Waals surface area contributed by atoms with E-state index in [2.05, 4.69) is 10.6 Å². The minimum absolute atomic E-state index is 0.295. The van der Waals surface area contributed by atoms with E-state index in [1.165, 1.54) is 0 Å². The summed E-state index contributed by atoms with van der Waals surface area (Å²) in [5.74, 6) is -2.22. The molecule has 5 unspecified atom stereocenters. The third-order valence-electron chi connectivity index (χ3n) is 4.68. The van der Waals surface area contributed by atoms with E-state index in [-0.39, 0.29) is 6.61 Å². The number of rotatable bonds is 4. The lowest BCUT2D eigenvalue weighted by Gasteiger charge is -2.27. The fourth-order valence-electron chi connectivity index (χ4n) is 2.94. The predicted octanol–water partition coefficient (Wildman–Crippen LogP) is -2.04. The van der Waals surface area contributed by atoms with Crippen molar-refractivity contribution in [3.8, 4) is 5.75 Å². The Morgan fingerprint density at radius 3 is 2.45 bits per heavy atom. The van der Waals surface area contributed by atoms with Crippen molar-refractivity contribution < 1.29 is 34.4 Å². The second-order valence-electron chi connectivity index (χ2n) is 6.99. The molecular weight excluding hydrogens is 382 g/mol. The highest BCUT2D eigenvalue weighted by Crippen LogP contribution is 2.16. The number of benzene rings is 1. The minimum atomic E-state index is -1.89. The first-order valence-corrected chi connectivity index (χ1v) is 9.36. The van der Waals surface area contributed by atoms with E-state index in [0.29, 0.717) is 18.6 Å². The maximum atomic E-state index is 12.7. The van der Waals surface area contributed by atoms with E-state index in [9.17, 15) is 29.7 Å². The maximum absolute atomic E-state index is 12.7. The van der Waals surface area contributed by atoms with Crippen LogP contribution in [-0.2, 0) is 20.8 Å². The molecule has 2 aliphatic heterocycles. The van der Waals surface area contributed by atoms with Crippen LogP contribution in [0, 0.1) is 0 Å². The van der Waals surface area contributed by atoms with Crippen LogP contribution in [0.1, 0.15) is 25.3 Å². The molecule has 0 aliphatic carbocycles. The van der Waals surface area contributed by atoms with Crippen LogP contribution in [0.15, 0.2) is 24.3 Å². The summed E-state index contributed by atoms with van der Waals surface area (Å²) in [6, 6.07) is 4.70. The van der Waals surface area contributed by atoms with Crippen LogP contribution in [0.2, 0.25) is 0 Å². The number of amides is 3. The van der Waals surface area contributed by atoms with Crippen molar-refractivity contribution in [2.75, 3.05) is 6.61 Å². The number of aliphatic hydroxyl groups is 3. The van der Waals surface area contributed by atoms with Crippen LogP contribution in [-0.4, -0.2) is 70.0 Å². The minimum Gasteiger partial charge on any atom is -0.491 e. The molecule has 1 aromatic carbocycles. The van der Waals surface area contributed by atoms with Gasteiger partial charge in [0.2, 0.25) is 11.8 Å². The maximum Gasteiger partial charge on any atom is 0.252 e. The van der Waals surface area contributed by atoms with E-state index in [4.69, 9.17) is 10.5 Å². The number of carbonyl (C=O) groups is 3. The Morgan fingerprint density at radius 2 is 1.86 bits per heavy atom. The molecule has 2 heterocycles. The van der Waals surface area contributed by atoms with Crippen LogP contribution >= 0.6 is 0 Å². The molecule has 0 fully saturated rings. The van der Waals surface area contributed by atoms with Gasteiger partial charge in [0, 0.05) is 0 Å². The van der Waals surface area contributed by atoms with Gasteiger partial charge in [-0.1, -0.05) is 19.1 Å². The standard InChI is InChI=1S/C19H27N3O7/c1-2-14(23)12-7-10-3-5-11(6-4-10)29-9-15(24)17(26)19(28)22-13(8-16(20)25)18(27)21-12/h3-6,12-15,17,23-24,26H,2,7-9H2,1H3,(H2,20,25)(H,21,27)(H,22,28). The van der Waals surface area contributed by atoms with Gasteiger partial charge in [0.05, 0.1) is 18.6 Å². The number of ether oxygens (including phenoxy) is 1. The molecule has 5 atom stereocenters. The van der Waals surface area contributed by atoms with Gasteiger partial charge in [-0.25, -0.2) is 0 Å². The lowest BCUT2D eigenvalue weighted by molar-refractivity contribution is -0.140. The third-order valence-corrected chi connectivity index (χ3v) is 4.68. The van der Waals surface area contributed by atoms with E-state index >= 15 is 0 Å². The van der Waals surface area contributed by atoms with Gasteiger partial charge in [-0.2, -0.15) is 0 Å². The SMILES string of the molecule is CCC(O)C1Cc2ccc(cc2)OCC(O)C(O)C(=O)NC(CC(N)=O)C(=O)N1. The number of carbonyl (C=O) groups excluding carboxylic acids is 3. The third kappa shape index (κ3) is 6.41. The first-order valence-electron chi connectivity index (χ1n) is 9.36. The van der Waals surface area contributed by atoms with Crippen molar-refractivity contribution in [1.29, 1.82) is 0 Å². The average Bonchev–Trinajstić information content (AvgIpc) is 2.69. The highest BCUT2D eigenvalue weighted by molar-refractivity contribution is 5.93. The molecule has 0 radical (unpaired) electrons. The molecule has 0 spiro atoms. The fourth-order valence-corrected chi connectivity index (χ4v) is 2.94. The summed E-state index contributed by atoms with van der Waals surface area (Å²) < 4.78 is 5.38. The topological polar surface area (TPSA) is 171 Å². The summed E-state index contributed by atoms with van der Waals surface area (Å²) in [5.41, 5.74) is 5.97. The van der Waals surface area contributed by atoms with Crippen molar-refractivity contribution in [3.63, 3.8) is 0 Å². The molecule has 7 N–H and O–H groups in total. The molecule has 0 saturated carbocycles. The van der Waals surface area contributed by atoms with Gasteiger partial charge < -0.3 is 36.4 Å². The molecule has 10 heteroatoms. The molecule has 2 bridgehead atoms.